The molecule has 0 radical (unpaired) electrons. The van der Waals surface area contributed by atoms with Gasteiger partial charge in [-0.25, -0.2) is 0 Å². The van der Waals surface area contributed by atoms with E-state index in [4.69, 9.17) is 21.1 Å². The van der Waals surface area contributed by atoms with Gasteiger partial charge in [0.05, 0.1) is 19.6 Å². The lowest BCUT2D eigenvalue weighted by Crippen LogP contribution is -2.08. The second-order valence-corrected chi connectivity index (χ2v) is 5.39. The first-order chi connectivity index (χ1) is 11.2. The third-order valence-electron chi connectivity index (χ3n) is 3.09. The number of esters is 1. The molecular formula is C19H19ClO3. The van der Waals surface area contributed by atoms with Crippen LogP contribution in [0, 0.1) is 0 Å². The molecule has 2 aromatic carbocycles. The van der Waals surface area contributed by atoms with Crippen molar-refractivity contribution >= 4 is 17.6 Å². The molecule has 0 spiro atoms. The minimum atomic E-state index is -0.262. The van der Waals surface area contributed by atoms with E-state index in [1.54, 1.807) is 18.2 Å². The van der Waals surface area contributed by atoms with Crippen LogP contribution in [0.1, 0.15) is 11.1 Å². The highest BCUT2D eigenvalue weighted by Gasteiger charge is 2.03. The van der Waals surface area contributed by atoms with Crippen molar-refractivity contribution in [1.29, 1.82) is 0 Å². The minimum Gasteiger partial charge on any atom is -0.461 e. The zero-order chi connectivity index (χ0) is 16.3. The first-order valence-electron chi connectivity index (χ1n) is 7.41. The van der Waals surface area contributed by atoms with Gasteiger partial charge in [-0.1, -0.05) is 60.1 Å². The molecule has 0 saturated heterocycles. The molecule has 4 heteroatoms. The van der Waals surface area contributed by atoms with Crippen LogP contribution in [-0.2, 0) is 27.3 Å². The molecule has 0 bridgehead atoms. The van der Waals surface area contributed by atoms with E-state index in [1.807, 2.05) is 48.5 Å². The van der Waals surface area contributed by atoms with Crippen molar-refractivity contribution < 1.29 is 14.3 Å². The summed E-state index contributed by atoms with van der Waals surface area (Å²) in [6, 6.07) is 17.1. The largest absolute Gasteiger partial charge is 0.461 e. The Kier molecular flexibility index (Phi) is 7.37. The quantitative estimate of drug-likeness (QED) is 0.413. The normalized spacial score (nSPS) is 10.8. The maximum atomic E-state index is 11.7. The van der Waals surface area contributed by atoms with Crippen LogP contribution in [0.5, 0.6) is 0 Å². The van der Waals surface area contributed by atoms with Crippen LogP contribution in [0.4, 0.5) is 0 Å². The lowest BCUT2D eigenvalue weighted by molar-refractivity contribution is -0.141. The average molecular weight is 331 g/mol. The Labute approximate surface area is 141 Å². The van der Waals surface area contributed by atoms with Gasteiger partial charge in [-0.05, 0) is 29.3 Å². The summed E-state index contributed by atoms with van der Waals surface area (Å²) in [6.07, 6.45) is 3.87. The molecule has 0 N–H and O–H groups in total. The van der Waals surface area contributed by atoms with Crippen LogP contribution >= 0.6 is 11.6 Å². The molecule has 0 aliphatic rings. The minimum absolute atomic E-state index is 0.246. The number of ether oxygens (including phenoxy) is 2. The lowest BCUT2D eigenvalue weighted by atomic mass is 10.1. The topological polar surface area (TPSA) is 35.5 Å². The van der Waals surface area contributed by atoms with Gasteiger partial charge in [0.1, 0.15) is 6.61 Å². The molecule has 2 aromatic rings. The summed E-state index contributed by atoms with van der Waals surface area (Å²) in [5.41, 5.74) is 2.02. The van der Waals surface area contributed by atoms with E-state index in [2.05, 4.69) is 0 Å². The van der Waals surface area contributed by atoms with Crippen molar-refractivity contribution in [2.24, 2.45) is 0 Å². The number of benzene rings is 2. The summed E-state index contributed by atoms with van der Waals surface area (Å²) in [5.74, 6) is -0.262. The second-order valence-electron chi connectivity index (χ2n) is 4.96. The van der Waals surface area contributed by atoms with Crippen molar-refractivity contribution in [1.82, 2.24) is 0 Å². The van der Waals surface area contributed by atoms with E-state index in [0.717, 1.165) is 11.1 Å². The van der Waals surface area contributed by atoms with Gasteiger partial charge in [0.15, 0.2) is 0 Å². The SMILES string of the molecule is O=C(Cc1ccc(Cl)cc1)OC/C=C\COCc1ccccc1. The third kappa shape index (κ3) is 7.13. The second kappa shape index (κ2) is 9.82. The highest BCUT2D eigenvalue weighted by atomic mass is 35.5. The van der Waals surface area contributed by atoms with Crippen LogP contribution in [-0.4, -0.2) is 19.2 Å². The summed E-state index contributed by atoms with van der Waals surface area (Å²) in [4.78, 5) is 11.7. The van der Waals surface area contributed by atoms with Crippen LogP contribution < -0.4 is 0 Å². The highest BCUT2D eigenvalue weighted by molar-refractivity contribution is 6.30. The highest BCUT2D eigenvalue weighted by Crippen LogP contribution is 2.10. The molecule has 0 heterocycles. The Balaban J connectivity index is 1.57. The summed E-state index contributed by atoms with van der Waals surface area (Å²) in [6.45, 7) is 1.31. The molecule has 120 valence electrons. The molecule has 3 nitrogen and oxygen atoms in total. The summed E-state index contributed by atoms with van der Waals surface area (Å²) in [7, 11) is 0. The average Bonchev–Trinajstić information content (AvgIpc) is 2.57. The zero-order valence-corrected chi connectivity index (χ0v) is 13.5. The molecule has 0 fully saturated rings. The van der Waals surface area contributed by atoms with Gasteiger partial charge in [-0.3, -0.25) is 4.79 Å². The zero-order valence-electron chi connectivity index (χ0n) is 12.8. The molecule has 0 atom stereocenters. The van der Waals surface area contributed by atoms with Crippen molar-refractivity contribution in [3.05, 3.63) is 82.9 Å². The third-order valence-corrected chi connectivity index (χ3v) is 3.35. The number of rotatable bonds is 8. The van der Waals surface area contributed by atoms with Gasteiger partial charge in [0, 0.05) is 5.02 Å². The number of hydrogen-bond donors (Lipinski definition) is 0. The molecule has 0 aliphatic heterocycles. The Hall–Kier alpha value is -2.10. The van der Waals surface area contributed by atoms with Crippen molar-refractivity contribution in [3.8, 4) is 0 Å². The summed E-state index contributed by atoms with van der Waals surface area (Å²) >= 11 is 5.79. The molecule has 0 unspecified atom stereocenters. The Bertz CT molecular complexity index is 621. The Morgan fingerprint density at radius 2 is 1.61 bits per heavy atom. The smallest absolute Gasteiger partial charge is 0.310 e. The van der Waals surface area contributed by atoms with E-state index < -0.39 is 0 Å². The van der Waals surface area contributed by atoms with Crippen LogP contribution in [0.3, 0.4) is 0 Å². The van der Waals surface area contributed by atoms with E-state index in [0.29, 0.717) is 18.2 Å². The van der Waals surface area contributed by atoms with E-state index in [-0.39, 0.29) is 19.0 Å². The van der Waals surface area contributed by atoms with Crippen molar-refractivity contribution in [3.63, 3.8) is 0 Å². The monoisotopic (exact) mass is 330 g/mol. The first-order valence-corrected chi connectivity index (χ1v) is 7.78. The predicted molar refractivity (Wildman–Crippen MR) is 91.4 cm³/mol. The predicted octanol–water partition coefficient (Wildman–Crippen LogP) is 4.20. The molecule has 0 aromatic heterocycles. The number of hydrogen-bond acceptors (Lipinski definition) is 3. The van der Waals surface area contributed by atoms with Gasteiger partial charge in [-0.15, -0.1) is 0 Å². The molecule has 0 amide bonds. The van der Waals surface area contributed by atoms with Gasteiger partial charge < -0.3 is 9.47 Å². The van der Waals surface area contributed by atoms with Crippen molar-refractivity contribution in [2.75, 3.05) is 13.2 Å². The van der Waals surface area contributed by atoms with Crippen LogP contribution in [0.2, 0.25) is 5.02 Å². The first kappa shape index (κ1) is 17.3. The van der Waals surface area contributed by atoms with Crippen molar-refractivity contribution in [2.45, 2.75) is 13.0 Å². The Morgan fingerprint density at radius 1 is 0.913 bits per heavy atom. The number of carbonyl (C=O) groups is 1. The molecule has 23 heavy (non-hydrogen) atoms. The van der Waals surface area contributed by atoms with Gasteiger partial charge in [0.2, 0.25) is 0 Å². The fourth-order valence-corrected chi connectivity index (χ4v) is 2.04. The van der Waals surface area contributed by atoms with Gasteiger partial charge in [0.25, 0.3) is 0 Å². The fraction of sp³-hybridized carbons (Fsp3) is 0.211. The number of halogens is 1. The fourth-order valence-electron chi connectivity index (χ4n) is 1.92. The Morgan fingerprint density at radius 3 is 2.35 bits per heavy atom. The molecule has 0 saturated carbocycles. The van der Waals surface area contributed by atoms with Crippen LogP contribution in [0.25, 0.3) is 0 Å². The molecule has 2 rings (SSSR count). The standard InChI is InChI=1S/C19H19ClO3/c20-18-10-8-16(9-11-18)14-19(21)23-13-5-4-12-22-15-17-6-2-1-3-7-17/h1-11H,12-15H2/b5-4-. The number of carbonyl (C=O) groups excluding carboxylic acids is 1. The lowest BCUT2D eigenvalue weighted by Gasteiger charge is -2.03. The van der Waals surface area contributed by atoms with Gasteiger partial charge >= 0.3 is 5.97 Å². The van der Waals surface area contributed by atoms with E-state index >= 15 is 0 Å². The molecular weight excluding hydrogens is 312 g/mol. The van der Waals surface area contributed by atoms with E-state index in [1.165, 1.54) is 0 Å². The summed E-state index contributed by atoms with van der Waals surface area (Å²) < 4.78 is 10.6. The van der Waals surface area contributed by atoms with E-state index in [9.17, 15) is 4.79 Å². The summed E-state index contributed by atoms with van der Waals surface area (Å²) in [5, 5.41) is 0.653. The maximum absolute atomic E-state index is 11.7. The maximum Gasteiger partial charge on any atom is 0.310 e. The van der Waals surface area contributed by atoms with Gasteiger partial charge in [-0.2, -0.15) is 0 Å². The van der Waals surface area contributed by atoms with Crippen LogP contribution in [0.15, 0.2) is 66.7 Å². The molecule has 0 aliphatic carbocycles.